The van der Waals surface area contributed by atoms with Crippen LogP contribution in [0.5, 0.6) is 0 Å². The summed E-state index contributed by atoms with van der Waals surface area (Å²) in [5.41, 5.74) is 1.11. The summed E-state index contributed by atoms with van der Waals surface area (Å²) in [5, 5.41) is 1.45. The van der Waals surface area contributed by atoms with Crippen LogP contribution >= 0.6 is 0 Å². The Morgan fingerprint density at radius 2 is 1.38 bits per heavy atom. The average Bonchev–Trinajstić information content (AvgIpc) is 2.61. The third-order valence-electron chi connectivity index (χ3n) is 5.49. The molecule has 3 heteroatoms. The molecule has 0 bridgehead atoms. The van der Waals surface area contributed by atoms with Gasteiger partial charge in [0.15, 0.2) is 0 Å². The van der Waals surface area contributed by atoms with Crippen LogP contribution in [0.3, 0.4) is 0 Å². The van der Waals surface area contributed by atoms with Crippen molar-refractivity contribution in [3.05, 3.63) is 66.2 Å². The van der Waals surface area contributed by atoms with E-state index in [0.29, 0.717) is 17.0 Å². The molecule has 128 valence electrons. The van der Waals surface area contributed by atoms with Gasteiger partial charge in [-0.1, -0.05) is 80.7 Å². The number of ether oxygens (including phenoxy) is 1. The largest absolute Gasteiger partial charge is 0.459 e. The van der Waals surface area contributed by atoms with Crippen molar-refractivity contribution in [1.82, 2.24) is 0 Å². The highest BCUT2D eigenvalue weighted by atomic mass is 28.3. The maximum Gasteiger partial charge on any atom is 0.338 e. The first-order chi connectivity index (χ1) is 11.3. The number of carbonyl (C=O) groups excluding carboxylic acids is 1. The zero-order valence-electron chi connectivity index (χ0n) is 15.3. The van der Waals surface area contributed by atoms with E-state index in [9.17, 15) is 4.79 Å². The van der Waals surface area contributed by atoms with E-state index < -0.39 is 8.07 Å². The van der Waals surface area contributed by atoms with E-state index in [1.54, 1.807) is 12.1 Å². The normalized spacial score (nSPS) is 15.4. The molecular weight excluding hydrogens is 312 g/mol. The summed E-state index contributed by atoms with van der Waals surface area (Å²) in [4.78, 5) is 12.3. The zero-order valence-corrected chi connectivity index (χ0v) is 16.3. The zero-order chi connectivity index (χ0) is 17.7. The summed E-state index contributed by atoms with van der Waals surface area (Å²) in [6.07, 6.45) is -0.108. The van der Waals surface area contributed by atoms with Crippen molar-refractivity contribution in [3.8, 4) is 0 Å². The third kappa shape index (κ3) is 4.15. The predicted octanol–water partition coefficient (Wildman–Crippen LogP) is 4.87. The van der Waals surface area contributed by atoms with Crippen molar-refractivity contribution in [2.45, 2.75) is 45.5 Å². The molecule has 24 heavy (non-hydrogen) atoms. The highest BCUT2D eigenvalue weighted by Crippen LogP contribution is 2.32. The fraction of sp³-hybridized carbons (Fsp3) is 0.381. The SMILES string of the molecule is C[C@@H]([C@H](C)OC(=O)c1ccccc1)[C@H](C)[Si](C)(C)c1ccccc1. The summed E-state index contributed by atoms with van der Waals surface area (Å²) in [6, 6.07) is 20.0. The smallest absolute Gasteiger partial charge is 0.338 e. The highest BCUT2D eigenvalue weighted by molar-refractivity contribution is 6.91. The van der Waals surface area contributed by atoms with Gasteiger partial charge in [0.1, 0.15) is 6.10 Å². The first-order valence-corrected chi connectivity index (χ1v) is 11.7. The lowest BCUT2D eigenvalue weighted by atomic mass is 10.0. The maximum absolute atomic E-state index is 12.3. The minimum atomic E-state index is -1.63. The summed E-state index contributed by atoms with van der Waals surface area (Å²) < 4.78 is 5.73. The Balaban J connectivity index is 2.07. The van der Waals surface area contributed by atoms with Crippen LogP contribution in [-0.2, 0) is 4.74 Å². The predicted molar refractivity (Wildman–Crippen MR) is 103 cm³/mol. The highest BCUT2D eigenvalue weighted by Gasteiger charge is 2.36. The van der Waals surface area contributed by atoms with Gasteiger partial charge < -0.3 is 4.74 Å². The van der Waals surface area contributed by atoms with Crippen molar-refractivity contribution in [2.24, 2.45) is 5.92 Å². The van der Waals surface area contributed by atoms with Gasteiger partial charge in [0, 0.05) is 0 Å². The van der Waals surface area contributed by atoms with Gasteiger partial charge in [0.2, 0.25) is 0 Å². The van der Waals surface area contributed by atoms with Crippen LogP contribution < -0.4 is 5.19 Å². The number of benzene rings is 2. The Labute approximate surface area is 146 Å². The lowest BCUT2D eigenvalue weighted by molar-refractivity contribution is 0.0211. The molecule has 0 amide bonds. The number of hydrogen-bond donors (Lipinski definition) is 0. The first-order valence-electron chi connectivity index (χ1n) is 8.65. The van der Waals surface area contributed by atoms with Crippen LogP contribution in [0.2, 0.25) is 18.6 Å². The molecule has 2 aromatic carbocycles. The van der Waals surface area contributed by atoms with Gasteiger partial charge >= 0.3 is 5.97 Å². The number of esters is 1. The van der Waals surface area contributed by atoms with Gasteiger partial charge in [-0.15, -0.1) is 0 Å². The van der Waals surface area contributed by atoms with Crippen molar-refractivity contribution < 1.29 is 9.53 Å². The molecule has 0 N–H and O–H groups in total. The summed E-state index contributed by atoms with van der Waals surface area (Å²) >= 11 is 0. The molecular formula is C21H28O2Si. The standard InChI is InChI=1S/C21H28O2Si/c1-16(17(2)23-21(22)19-12-8-6-9-13-19)18(3)24(4,5)20-14-10-7-11-15-20/h6-18H,1-5H3/t16-,17-,18-/m0/s1. The van der Waals surface area contributed by atoms with Gasteiger partial charge in [-0.2, -0.15) is 0 Å². The van der Waals surface area contributed by atoms with Crippen LogP contribution in [0.1, 0.15) is 31.1 Å². The van der Waals surface area contributed by atoms with E-state index in [4.69, 9.17) is 4.74 Å². The molecule has 2 nitrogen and oxygen atoms in total. The molecule has 0 aliphatic heterocycles. The van der Waals surface area contributed by atoms with Gasteiger partial charge in [-0.3, -0.25) is 0 Å². The Morgan fingerprint density at radius 1 is 0.875 bits per heavy atom. The lowest BCUT2D eigenvalue weighted by Gasteiger charge is -2.37. The molecule has 0 heterocycles. The Kier molecular flexibility index (Phi) is 6.00. The van der Waals surface area contributed by atoms with Crippen molar-refractivity contribution in [1.29, 1.82) is 0 Å². The second-order valence-electron chi connectivity index (χ2n) is 7.21. The molecule has 0 aliphatic rings. The van der Waals surface area contributed by atoms with Gasteiger partial charge in [-0.05, 0) is 30.5 Å². The molecule has 0 unspecified atom stereocenters. The minimum Gasteiger partial charge on any atom is -0.459 e. The van der Waals surface area contributed by atoms with Crippen LogP contribution in [0.4, 0.5) is 0 Å². The molecule has 0 aromatic heterocycles. The van der Waals surface area contributed by atoms with E-state index in [1.165, 1.54) is 5.19 Å². The summed E-state index contributed by atoms with van der Waals surface area (Å²) in [5.74, 6) is 0.0702. The second-order valence-corrected chi connectivity index (χ2v) is 12.1. The van der Waals surface area contributed by atoms with E-state index in [2.05, 4.69) is 57.3 Å². The third-order valence-corrected chi connectivity index (χ3v) is 10.1. The monoisotopic (exact) mass is 340 g/mol. The molecule has 2 aromatic rings. The van der Waals surface area contributed by atoms with Crippen LogP contribution in [0.15, 0.2) is 60.7 Å². The molecule has 0 aliphatic carbocycles. The Bertz CT molecular complexity index is 652. The number of rotatable bonds is 6. The van der Waals surface area contributed by atoms with E-state index in [-0.39, 0.29) is 12.1 Å². The number of carbonyl (C=O) groups is 1. The molecule has 0 fully saturated rings. The first kappa shape index (κ1) is 18.5. The fourth-order valence-corrected chi connectivity index (χ4v) is 6.28. The maximum atomic E-state index is 12.3. The Hall–Kier alpha value is -1.87. The molecule has 0 saturated heterocycles. The molecule has 3 atom stereocenters. The second kappa shape index (κ2) is 7.80. The molecule has 2 rings (SSSR count). The number of hydrogen-bond acceptors (Lipinski definition) is 2. The summed E-state index contributed by atoms with van der Waals surface area (Å²) in [6.45, 7) is 11.3. The quantitative estimate of drug-likeness (QED) is 0.554. The molecule has 0 spiro atoms. The molecule has 0 saturated carbocycles. The van der Waals surface area contributed by atoms with Crippen LogP contribution in [-0.4, -0.2) is 20.1 Å². The van der Waals surface area contributed by atoms with Gasteiger partial charge in [-0.25, -0.2) is 4.79 Å². The van der Waals surface area contributed by atoms with E-state index >= 15 is 0 Å². The average molecular weight is 341 g/mol. The van der Waals surface area contributed by atoms with Crippen LogP contribution in [0.25, 0.3) is 0 Å². The van der Waals surface area contributed by atoms with Gasteiger partial charge in [0.05, 0.1) is 13.6 Å². The van der Waals surface area contributed by atoms with Crippen LogP contribution in [0, 0.1) is 5.92 Å². The van der Waals surface area contributed by atoms with Crippen molar-refractivity contribution in [3.63, 3.8) is 0 Å². The van der Waals surface area contributed by atoms with Crippen molar-refractivity contribution >= 4 is 19.2 Å². The minimum absolute atomic E-state index is 0.108. The fourth-order valence-electron chi connectivity index (χ4n) is 3.11. The van der Waals surface area contributed by atoms with E-state index in [1.807, 2.05) is 25.1 Å². The topological polar surface area (TPSA) is 26.3 Å². The Morgan fingerprint density at radius 3 is 1.92 bits per heavy atom. The molecule has 0 radical (unpaired) electrons. The summed E-state index contributed by atoms with van der Waals surface area (Å²) in [7, 11) is -1.63. The van der Waals surface area contributed by atoms with E-state index in [0.717, 1.165) is 0 Å². The van der Waals surface area contributed by atoms with Crippen molar-refractivity contribution in [2.75, 3.05) is 0 Å². The lowest BCUT2D eigenvalue weighted by Crippen LogP contribution is -2.48. The van der Waals surface area contributed by atoms with Gasteiger partial charge in [0.25, 0.3) is 0 Å².